The number of aryl methyl sites for hydroxylation is 1. The number of hydrogen-bond donors (Lipinski definition) is 3. The maximum atomic E-state index is 14.4. The Morgan fingerprint density at radius 2 is 1.89 bits per heavy atom. The molecule has 1 aliphatic carbocycles. The number of rotatable bonds is 7. The Morgan fingerprint density at radius 3 is 2.63 bits per heavy atom. The van der Waals surface area contributed by atoms with Crippen molar-refractivity contribution in [2.75, 3.05) is 6.54 Å². The summed E-state index contributed by atoms with van der Waals surface area (Å²) in [6.45, 7) is 0.405. The summed E-state index contributed by atoms with van der Waals surface area (Å²) in [5.74, 6) is -3.51. The van der Waals surface area contributed by atoms with Gasteiger partial charge in [0.1, 0.15) is 11.4 Å². The van der Waals surface area contributed by atoms with Gasteiger partial charge < -0.3 is 20.2 Å². The van der Waals surface area contributed by atoms with Gasteiger partial charge >= 0.3 is 11.7 Å². The minimum atomic E-state index is -0.800. The monoisotopic (exact) mass is 524 g/mol. The molecule has 4 aromatic rings. The van der Waals surface area contributed by atoms with Crippen molar-refractivity contribution in [1.29, 1.82) is 0 Å². The van der Waals surface area contributed by atoms with Crippen LogP contribution in [-0.2, 0) is 18.4 Å². The lowest BCUT2D eigenvalue weighted by molar-refractivity contribution is -0.143. The Bertz CT molecular complexity index is 1610. The molecule has 5 rings (SSSR count). The van der Waals surface area contributed by atoms with Gasteiger partial charge in [0.2, 0.25) is 0 Å². The fourth-order valence-corrected chi connectivity index (χ4v) is 4.71. The predicted octanol–water partition coefficient (Wildman–Crippen LogP) is 1.86. The summed E-state index contributed by atoms with van der Waals surface area (Å²) in [5, 5.41) is 18.5. The maximum absolute atomic E-state index is 14.4. The van der Waals surface area contributed by atoms with Gasteiger partial charge in [-0.2, -0.15) is 5.10 Å². The van der Waals surface area contributed by atoms with Crippen molar-refractivity contribution in [3.05, 3.63) is 63.8 Å². The van der Waals surface area contributed by atoms with Crippen molar-refractivity contribution in [2.45, 2.75) is 32.2 Å². The Kier molecular flexibility index (Phi) is 6.66. The summed E-state index contributed by atoms with van der Waals surface area (Å²) in [5.41, 5.74) is 1.19. The zero-order chi connectivity index (χ0) is 27.0. The van der Waals surface area contributed by atoms with E-state index >= 15 is 0 Å². The lowest BCUT2D eigenvalue weighted by atomic mass is 9.82. The number of aromatic nitrogens is 4. The number of oxazole rings is 1. The first-order chi connectivity index (χ1) is 18.2. The van der Waals surface area contributed by atoms with E-state index in [0.717, 1.165) is 10.7 Å². The highest BCUT2D eigenvalue weighted by molar-refractivity contribution is 5.98. The molecule has 0 atom stereocenters. The van der Waals surface area contributed by atoms with Crippen LogP contribution in [0.5, 0.6) is 0 Å². The standard InChI is InChI=1S/C25H25FN6O6/c1-31-18-8-14(4-7-20(18)38-25(31)37)11-27-22(33)17-9-19(32-21(30-17)16(26)12-29-32)23(34)28-10-13-2-5-15(6-3-13)24(35)36/h4,7-9,12-13,15H,2-3,5-6,10-11H2,1H3,(H,27,33)(H,28,34)(H,35,36). The highest BCUT2D eigenvalue weighted by Crippen LogP contribution is 2.28. The van der Waals surface area contributed by atoms with Crippen LogP contribution in [0, 0.1) is 17.7 Å². The van der Waals surface area contributed by atoms with E-state index in [0.29, 0.717) is 48.9 Å². The van der Waals surface area contributed by atoms with Gasteiger partial charge in [-0.1, -0.05) is 6.07 Å². The first-order valence-corrected chi connectivity index (χ1v) is 12.1. The predicted molar refractivity (Wildman–Crippen MR) is 131 cm³/mol. The Morgan fingerprint density at radius 1 is 1.13 bits per heavy atom. The molecule has 3 aromatic heterocycles. The summed E-state index contributed by atoms with van der Waals surface area (Å²) in [6.07, 6.45) is 3.36. The number of carboxylic acid groups (broad SMARTS) is 1. The molecule has 1 aromatic carbocycles. The third-order valence-electron chi connectivity index (χ3n) is 6.95. The summed E-state index contributed by atoms with van der Waals surface area (Å²) < 4.78 is 21.8. The minimum absolute atomic E-state index is 0.0573. The molecule has 1 fully saturated rings. The number of nitrogens with one attached hydrogen (secondary N) is 2. The van der Waals surface area contributed by atoms with E-state index in [9.17, 15) is 23.6 Å². The van der Waals surface area contributed by atoms with Gasteiger partial charge in [-0.15, -0.1) is 0 Å². The van der Waals surface area contributed by atoms with Crippen molar-refractivity contribution >= 4 is 34.5 Å². The number of benzene rings is 1. The van der Waals surface area contributed by atoms with Crippen LogP contribution in [0.4, 0.5) is 4.39 Å². The van der Waals surface area contributed by atoms with Gasteiger partial charge in [-0.3, -0.25) is 19.0 Å². The molecule has 0 spiro atoms. The van der Waals surface area contributed by atoms with Crippen LogP contribution < -0.4 is 16.4 Å². The molecule has 198 valence electrons. The van der Waals surface area contributed by atoms with E-state index in [2.05, 4.69) is 20.7 Å². The molecular weight excluding hydrogens is 499 g/mol. The molecule has 38 heavy (non-hydrogen) atoms. The van der Waals surface area contributed by atoms with Crippen molar-refractivity contribution in [3.8, 4) is 0 Å². The smallest absolute Gasteiger partial charge is 0.419 e. The van der Waals surface area contributed by atoms with Gasteiger partial charge in [0.25, 0.3) is 11.8 Å². The van der Waals surface area contributed by atoms with Crippen molar-refractivity contribution in [3.63, 3.8) is 0 Å². The fraction of sp³-hybridized carbons (Fsp3) is 0.360. The van der Waals surface area contributed by atoms with Crippen LogP contribution in [0.3, 0.4) is 0 Å². The van der Waals surface area contributed by atoms with Crippen LogP contribution in [0.15, 0.2) is 39.7 Å². The van der Waals surface area contributed by atoms with Gasteiger partial charge in [0, 0.05) is 26.2 Å². The van der Waals surface area contributed by atoms with Gasteiger partial charge in [-0.05, 0) is 49.3 Å². The van der Waals surface area contributed by atoms with Crippen LogP contribution in [0.2, 0.25) is 0 Å². The van der Waals surface area contributed by atoms with Crippen LogP contribution >= 0.6 is 0 Å². The fourth-order valence-electron chi connectivity index (χ4n) is 4.71. The molecule has 12 nitrogen and oxygen atoms in total. The Labute approximate surface area is 214 Å². The quantitative estimate of drug-likeness (QED) is 0.330. The number of carbonyl (C=O) groups is 3. The van der Waals surface area contributed by atoms with E-state index in [1.165, 1.54) is 10.6 Å². The molecule has 0 aliphatic heterocycles. The van der Waals surface area contributed by atoms with Crippen molar-refractivity contribution in [1.82, 2.24) is 29.8 Å². The van der Waals surface area contributed by atoms with Crippen LogP contribution in [-0.4, -0.2) is 48.6 Å². The number of fused-ring (bicyclic) bond motifs is 2. The summed E-state index contributed by atoms with van der Waals surface area (Å²) in [6, 6.07) is 6.27. The second kappa shape index (κ2) is 10.1. The largest absolute Gasteiger partial charge is 0.481 e. The normalized spacial score (nSPS) is 17.5. The second-order valence-electron chi connectivity index (χ2n) is 9.43. The third-order valence-corrected chi connectivity index (χ3v) is 6.95. The number of aliphatic carboxylic acids is 1. The minimum Gasteiger partial charge on any atom is -0.481 e. The van der Waals surface area contributed by atoms with Gasteiger partial charge in [0.05, 0.1) is 17.6 Å². The lowest BCUT2D eigenvalue weighted by Gasteiger charge is -2.26. The molecule has 1 aliphatic rings. The number of halogens is 1. The zero-order valence-corrected chi connectivity index (χ0v) is 20.4. The molecule has 2 amide bonds. The number of nitrogens with zero attached hydrogens (tertiary/aromatic N) is 4. The maximum Gasteiger partial charge on any atom is 0.419 e. The van der Waals surface area contributed by atoms with E-state index in [-0.39, 0.29) is 35.4 Å². The topological polar surface area (TPSA) is 161 Å². The molecule has 1 saturated carbocycles. The molecule has 0 radical (unpaired) electrons. The Hall–Kier alpha value is -4.55. The summed E-state index contributed by atoms with van der Waals surface area (Å²) >= 11 is 0. The third kappa shape index (κ3) is 4.86. The van der Waals surface area contributed by atoms with E-state index in [4.69, 9.17) is 9.52 Å². The van der Waals surface area contributed by atoms with Gasteiger partial charge in [0.15, 0.2) is 17.0 Å². The number of hydrogen-bond acceptors (Lipinski definition) is 7. The molecular formula is C25H25FN6O6. The van der Waals surface area contributed by atoms with Gasteiger partial charge in [-0.25, -0.2) is 18.7 Å². The van der Waals surface area contributed by atoms with Crippen molar-refractivity contribution < 1.29 is 28.3 Å². The molecule has 13 heteroatoms. The number of amides is 2. The first kappa shape index (κ1) is 25.1. The van der Waals surface area contributed by atoms with E-state index < -0.39 is 29.4 Å². The lowest BCUT2D eigenvalue weighted by Crippen LogP contribution is -2.34. The molecule has 3 heterocycles. The SMILES string of the molecule is Cn1c(=O)oc2ccc(CNC(=O)c3cc(C(=O)NCC4CCC(C(=O)O)CC4)n4ncc(F)c4n3)cc21. The number of carbonyl (C=O) groups excluding carboxylic acids is 2. The van der Waals surface area contributed by atoms with Crippen LogP contribution in [0.1, 0.15) is 52.2 Å². The Balaban J connectivity index is 1.30. The van der Waals surface area contributed by atoms with Crippen molar-refractivity contribution in [2.24, 2.45) is 18.9 Å². The molecule has 0 bridgehead atoms. The average Bonchev–Trinajstić information content (AvgIpc) is 3.43. The molecule has 0 unspecified atom stereocenters. The number of carboxylic acids is 1. The second-order valence-corrected chi connectivity index (χ2v) is 9.43. The first-order valence-electron chi connectivity index (χ1n) is 12.1. The van der Waals surface area contributed by atoms with Crippen LogP contribution in [0.25, 0.3) is 16.7 Å². The highest BCUT2D eigenvalue weighted by atomic mass is 19.1. The molecule has 0 saturated heterocycles. The zero-order valence-electron chi connectivity index (χ0n) is 20.4. The van der Waals surface area contributed by atoms with E-state index in [1.54, 1.807) is 25.2 Å². The average molecular weight is 525 g/mol. The summed E-state index contributed by atoms with van der Waals surface area (Å²) in [7, 11) is 1.57. The molecule has 3 N–H and O–H groups in total. The summed E-state index contributed by atoms with van der Waals surface area (Å²) in [4.78, 5) is 52.8. The van der Waals surface area contributed by atoms with E-state index in [1.807, 2.05) is 0 Å². The highest BCUT2D eigenvalue weighted by Gasteiger charge is 2.27.